The molecule has 1 aromatic heterocycles. The molecule has 0 spiro atoms. The van der Waals surface area contributed by atoms with E-state index in [1.54, 1.807) is 6.21 Å². The van der Waals surface area contributed by atoms with Crippen LogP contribution in [-0.4, -0.2) is 10.8 Å². The largest absolute Gasteiger partial charge is 0.347 e. The molecule has 3 nitrogen and oxygen atoms in total. The van der Waals surface area contributed by atoms with E-state index >= 15 is 0 Å². The first-order chi connectivity index (χ1) is 6.86. The second-order valence-electron chi connectivity index (χ2n) is 3.17. The maximum Gasteiger partial charge on any atom is 0.0559 e. The quantitative estimate of drug-likeness (QED) is 0.436. The van der Waals surface area contributed by atoms with Crippen LogP contribution in [0.3, 0.4) is 0 Å². The highest BCUT2D eigenvalue weighted by Gasteiger charge is 2.03. The van der Waals surface area contributed by atoms with Crippen molar-refractivity contribution in [3.63, 3.8) is 0 Å². The molecule has 0 amide bonds. The molecule has 72 valence electrons. The Morgan fingerprint density at radius 3 is 2.93 bits per heavy atom. The lowest BCUT2D eigenvalue weighted by atomic mass is 10.2. The van der Waals surface area contributed by atoms with E-state index in [0.717, 1.165) is 12.1 Å². The Bertz CT molecular complexity index is 468. The van der Waals surface area contributed by atoms with Gasteiger partial charge in [0, 0.05) is 29.2 Å². The van der Waals surface area contributed by atoms with Crippen LogP contribution in [0.25, 0.3) is 10.9 Å². The Labute approximate surface area is 82.8 Å². The summed E-state index contributed by atoms with van der Waals surface area (Å²) in [6, 6.07) is 8.25. The van der Waals surface area contributed by atoms with Gasteiger partial charge >= 0.3 is 0 Å². The van der Waals surface area contributed by atoms with Crippen molar-refractivity contribution in [2.24, 2.45) is 10.9 Å². The molecule has 2 aromatic rings. The minimum Gasteiger partial charge on any atom is -0.347 e. The summed E-state index contributed by atoms with van der Waals surface area (Å²) < 4.78 is 2.19. The van der Waals surface area contributed by atoms with Gasteiger partial charge in [-0.3, -0.25) is 0 Å². The highest BCUT2D eigenvalue weighted by atomic mass is 15.1. The fraction of sp³-hybridized carbons (Fsp3) is 0.182. The normalized spacial score (nSPS) is 11.5. The third-order valence-corrected chi connectivity index (χ3v) is 2.37. The van der Waals surface area contributed by atoms with E-state index in [-0.39, 0.29) is 0 Å². The molecule has 0 aliphatic rings. The molecule has 0 saturated carbocycles. The summed E-state index contributed by atoms with van der Waals surface area (Å²) in [5.74, 6) is 5.16. The van der Waals surface area contributed by atoms with E-state index in [4.69, 9.17) is 5.84 Å². The molecule has 0 unspecified atom stereocenters. The first kappa shape index (κ1) is 8.81. The van der Waals surface area contributed by atoms with Crippen molar-refractivity contribution in [1.29, 1.82) is 0 Å². The predicted molar refractivity (Wildman–Crippen MR) is 59.4 cm³/mol. The summed E-state index contributed by atoms with van der Waals surface area (Å²) in [5, 5.41) is 4.76. The number of aromatic nitrogens is 1. The molecule has 0 radical (unpaired) electrons. The van der Waals surface area contributed by atoms with Gasteiger partial charge in [0.15, 0.2) is 0 Å². The van der Waals surface area contributed by atoms with Crippen LogP contribution in [0.15, 0.2) is 35.6 Å². The SMILES string of the molecule is CCn1cc(C=NN)c2ccccc21. The van der Waals surface area contributed by atoms with Gasteiger partial charge in [0.2, 0.25) is 0 Å². The Hall–Kier alpha value is -1.77. The summed E-state index contributed by atoms with van der Waals surface area (Å²) in [7, 11) is 0. The molecule has 0 aliphatic carbocycles. The van der Waals surface area contributed by atoms with E-state index < -0.39 is 0 Å². The van der Waals surface area contributed by atoms with E-state index in [2.05, 4.69) is 34.9 Å². The third-order valence-electron chi connectivity index (χ3n) is 2.37. The fourth-order valence-corrected chi connectivity index (χ4v) is 1.72. The Morgan fingerprint density at radius 1 is 1.43 bits per heavy atom. The van der Waals surface area contributed by atoms with Crippen molar-refractivity contribution in [3.05, 3.63) is 36.0 Å². The number of aryl methyl sites for hydroxylation is 1. The van der Waals surface area contributed by atoms with Gasteiger partial charge in [0.05, 0.1) is 6.21 Å². The molecular formula is C11H13N3. The second-order valence-corrected chi connectivity index (χ2v) is 3.17. The molecule has 2 N–H and O–H groups in total. The van der Waals surface area contributed by atoms with Crippen LogP contribution in [0.2, 0.25) is 0 Å². The fourth-order valence-electron chi connectivity index (χ4n) is 1.72. The average Bonchev–Trinajstić information content (AvgIpc) is 2.58. The molecule has 1 aromatic carbocycles. The number of hydrazone groups is 1. The zero-order valence-electron chi connectivity index (χ0n) is 8.14. The lowest BCUT2D eigenvalue weighted by molar-refractivity contribution is 0.797. The lowest BCUT2D eigenvalue weighted by Crippen LogP contribution is -1.90. The standard InChI is InChI=1S/C11H13N3/c1-2-14-8-9(7-13-12)10-5-3-4-6-11(10)14/h3-8H,2,12H2,1H3. The minimum absolute atomic E-state index is 0.957. The molecule has 14 heavy (non-hydrogen) atoms. The summed E-state index contributed by atoms with van der Waals surface area (Å²) in [4.78, 5) is 0. The maximum atomic E-state index is 5.16. The number of rotatable bonds is 2. The molecule has 0 atom stereocenters. The van der Waals surface area contributed by atoms with Crippen LogP contribution in [0.5, 0.6) is 0 Å². The summed E-state index contributed by atoms with van der Waals surface area (Å²) in [6.07, 6.45) is 3.76. The average molecular weight is 187 g/mol. The van der Waals surface area contributed by atoms with Crippen LogP contribution < -0.4 is 5.84 Å². The Kier molecular flexibility index (Phi) is 2.23. The smallest absolute Gasteiger partial charge is 0.0559 e. The number of nitrogens with zero attached hydrogens (tertiary/aromatic N) is 2. The first-order valence-electron chi connectivity index (χ1n) is 4.68. The van der Waals surface area contributed by atoms with Crippen molar-refractivity contribution in [2.75, 3.05) is 0 Å². The molecule has 0 aliphatic heterocycles. The van der Waals surface area contributed by atoms with Crippen LogP contribution in [0, 0.1) is 0 Å². The maximum absolute atomic E-state index is 5.16. The predicted octanol–water partition coefficient (Wildman–Crippen LogP) is 1.95. The van der Waals surface area contributed by atoms with Gasteiger partial charge in [-0.05, 0) is 13.0 Å². The van der Waals surface area contributed by atoms with Gasteiger partial charge in [-0.1, -0.05) is 18.2 Å². The Morgan fingerprint density at radius 2 is 2.21 bits per heavy atom. The number of hydrogen-bond donors (Lipinski definition) is 1. The molecular weight excluding hydrogens is 174 g/mol. The van der Waals surface area contributed by atoms with E-state index in [1.165, 1.54) is 10.9 Å². The van der Waals surface area contributed by atoms with Gasteiger partial charge in [-0.2, -0.15) is 5.10 Å². The van der Waals surface area contributed by atoms with Crippen LogP contribution in [0.1, 0.15) is 12.5 Å². The minimum atomic E-state index is 0.957. The molecule has 0 bridgehead atoms. The van der Waals surface area contributed by atoms with Gasteiger partial charge in [0.1, 0.15) is 0 Å². The number of fused-ring (bicyclic) bond motifs is 1. The topological polar surface area (TPSA) is 43.3 Å². The van der Waals surface area contributed by atoms with Crippen molar-refractivity contribution >= 4 is 17.1 Å². The van der Waals surface area contributed by atoms with E-state index in [1.807, 2.05) is 12.1 Å². The Balaban J connectivity index is 2.73. The summed E-state index contributed by atoms with van der Waals surface area (Å²) in [6.45, 7) is 3.08. The first-order valence-corrected chi connectivity index (χ1v) is 4.68. The van der Waals surface area contributed by atoms with Gasteiger partial charge in [-0.15, -0.1) is 0 Å². The second kappa shape index (κ2) is 3.54. The molecule has 2 rings (SSSR count). The van der Waals surface area contributed by atoms with Crippen LogP contribution in [-0.2, 0) is 6.54 Å². The van der Waals surface area contributed by atoms with E-state index in [9.17, 15) is 0 Å². The van der Waals surface area contributed by atoms with Crippen molar-refractivity contribution in [2.45, 2.75) is 13.5 Å². The van der Waals surface area contributed by atoms with Crippen molar-refractivity contribution in [1.82, 2.24) is 4.57 Å². The number of benzene rings is 1. The highest BCUT2D eigenvalue weighted by molar-refractivity contribution is 5.99. The van der Waals surface area contributed by atoms with Crippen molar-refractivity contribution in [3.8, 4) is 0 Å². The molecule has 0 fully saturated rings. The summed E-state index contributed by atoms with van der Waals surface area (Å²) in [5.41, 5.74) is 2.30. The zero-order chi connectivity index (χ0) is 9.97. The molecule has 1 heterocycles. The van der Waals surface area contributed by atoms with Gasteiger partial charge < -0.3 is 10.4 Å². The lowest BCUT2D eigenvalue weighted by Gasteiger charge is -1.97. The van der Waals surface area contributed by atoms with Crippen molar-refractivity contribution < 1.29 is 0 Å². The molecule has 0 saturated heterocycles. The highest BCUT2D eigenvalue weighted by Crippen LogP contribution is 2.19. The molecule has 3 heteroatoms. The summed E-state index contributed by atoms with van der Waals surface area (Å²) >= 11 is 0. The monoisotopic (exact) mass is 187 g/mol. The van der Waals surface area contributed by atoms with Crippen LogP contribution >= 0.6 is 0 Å². The number of para-hydroxylation sites is 1. The number of nitrogens with two attached hydrogens (primary N) is 1. The number of hydrogen-bond acceptors (Lipinski definition) is 2. The van der Waals surface area contributed by atoms with Crippen LogP contribution in [0.4, 0.5) is 0 Å². The third kappa shape index (κ3) is 1.27. The van der Waals surface area contributed by atoms with Gasteiger partial charge in [-0.25, -0.2) is 0 Å². The van der Waals surface area contributed by atoms with E-state index in [0.29, 0.717) is 0 Å². The van der Waals surface area contributed by atoms with Gasteiger partial charge in [0.25, 0.3) is 0 Å². The zero-order valence-corrected chi connectivity index (χ0v) is 8.14.